The summed E-state index contributed by atoms with van der Waals surface area (Å²) in [5.41, 5.74) is 1.39. The van der Waals surface area contributed by atoms with E-state index in [0.29, 0.717) is 18.0 Å². The highest BCUT2D eigenvalue weighted by Gasteiger charge is 2.32. The van der Waals surface area contributed by atoms with Gasteiger partial charge in [-0.3, -0.25) is 13.9 Å². The maximum atomic E-state index is 14.5. The molecule has 3 aromatic rings. The summed E-state index contributed by atoms with van der Waals surface area (Å²) in [4.78, 5) is 27.7. The van der Waals surface area contributed by atoms with Gasteiger partial charge in [-0.25, -0.2) is 12.8 Å². The van der Waals surface area contributed by atoms with E-state index in [1.54, 1.807) is 30.3 Å². The molecule has 0 aliphatic carbocycles. The summed E-state index contributed by atoms with van der Waals surface area (Å²) in [6, 6.07) is 17.3. The van der Waals surface area contributed by atoms with Crippen molar-refractivity contribution in [2.45, 2.75) is 44.7 Å². The van der Waals surface area contributed by atoms with Crippen molar-refractivity contribution < 1.29 is 22.4 Å². The predicted octanol–water partition coefficient (Wildman–Crippen LogP) is 4.93. The summed E-state index contributed by atoms with van der Waals surface area (Å²) in [5, 5.41) is 3.12. The largest absolute Gasteiger partial charge is 0.354 e. The van der Waals surface area contributed by atoms with Gasteiger partial charge >= 0.3 is 0 Å². The molecule has 1 unspecified atom stereocenters. The van der Waals surface area contributed by atoms with Gasteiger partial charge in [0.2, 0.25) is 11.8 Å². The zero-order valence-corrected chi connectivity index (χ0v) is 23.1. The van der Waals surface area contributed by atoms with E-state index in [9.17, 15) is 22.4 Å². The first-order valence-electron chi connectivity index (χ1n) is 12.2. The van der Waals surface area contributed by atoms with Crippen LogP contribution in [0.2, 0.25) is 5.02 Å². The molecule has 0 aliphatic rings. The molecule has 7 nitrogen and oxygen atoms in total. The van der Waals surface area contributed by atoms with E-state index in [1.807, 2.05) is 13.8 Å². The normalized spacial score (nSPS) is 12.0. The predicted molar refractivity (Wildman–Crippen MR) is 147 cm³/mol. The first-order valence-corrected chi connectivity index (χ1v) is 14.0. The number of anilines is 1. The van der Waals surface area contributed by atoms with Gasteiger partial charge in [-0.05, 0) is 62.7 Å². The lowest BCUT2D eigenvalue weighted by Gasteiger charge is -2.32. The van der Waals surface area contributed by atoms with Crippen LogP contribution in [0, 0.1) is 12.7 Å². The van der Waals surface area contributed by atoms with Gasteiger partial charge in [-0.2, -0.15) is 0 Å². The van der Waals surface area contributed by atoms with E-state index < -0.39 is 40.2 Å². The van der Waals surface area contributed by atoms with E-state index in [1.165, 1.54) is 54.3 Å². The van der Waals surface area contributed by atoms with E-state index in [4.69, 9.17) is 11.6 Å². The topological polar surface area (TPSA) is 86.8 Å². The van der Waals surface area contributed by atoms with E-state index in [-0.39, 0.29) is 22.7 Å². The molecule has 38 heavy (non-hydrogen) atoms. The minimum Gasteiger partial charge on any atom is -0.354 e. The average molecular weight is 560 g/mol. The van der Waals surface area contributed by atoms with Crippen molar-refractivity contribution in [2.24, 2.45) is 0 Å². The van der Waals surface area contributed by atoms with Crippen LogP contribution in [0.25, 0.3) is 0 Å². The number of sulfonamides is 1. The number of carbonyl (C=O) groups excluding carboxylic acids is 2. The summed E-state index contributed by atoms with van der Waals surface area (Å²) in [7, 11) is -4.20. The molecule has 0 saturated heterocycles. The first kappa shape index (κ1) is 29.1. The molecule has 0 bridgehead atoms. The lowest BCUT2D eigenvalue weighted by Crippen LogP contribution is -2.51. The Balaban J connectivity index is 2.02. The van der Waals surface area contributed by atoms with Crippen molar-refractivity contribution in [3.05, 3.63) is 94.8 Å². The summed E-state index contributed by atoms with van der Waals surface area (Å²) >= 11 is 5.95. The summed E-state index contributed by atoms with van der Waals surface area (Å²) < 4.78 is 43.0. The highest BCUT2D eigenvalue weighted by molar-refractivity contribution is 7.92. The van der Waals surface area contributed by atoms with Crippen molar-refractivity contribution in [2.75, 3.05) is 17.4 Å². The molecule has 0 aromatic heterocycles. The first-order chi connectivity index (χ1) is 18.0. The second kappa shape index (κ2) is 12.9. The Morgan fingerprint density at radius 3 is 2.24 bits per heavy atom. The number of benzene rings is 3. The van der Waals surface area contributed by atoms with Crippen molar-refractivity contribution >= 4 is 39.1 Å². The highest BCUT2D eigenvalue weighted by atomic mass is 35.5. The van der Waals surface area contributed by atoms with Crippen molar-refractivity contribution in [3.63, 3.8) is 0 Å². The molecule has 0 saturated carbocycles. The van der Waals surface area contributed by atoms with Gasteiger partial charge in [-0.15, -0.1) is 0 Å². The van der Waals surface area contributed by atoms with Crippen LogP contribution in [-0.4, -0.2) is 44.3 Å². The molecule has 0 spiro atoms. The molecule has 0 fully saturated rings. The number of halogens is 2. The number of hydrogen-bond donors (Lipinski definition) is 1. The van der Waals surface area contributed by atoms with Crippen LogP contribution in [0.4, 0.5) is 10.1 Å². The fraction of sp³-hybridized carbons (Fsp3) is 0.286. The number of aryl methyl sites for hydroxylation is 1. The molecular formula is C28H31ClFN3O4S. The smallest absolute Gasteiger partial charge is 0.264 e. The third kappa shape index (κ3) is 7.11. The lowest BCUT2D eigenvalue weighted by molar-refractivity contribution is -0.139. The monoisotopic (exact) mass is 559 g/mol. The van der Waals surface area contributed by atoms with Crippen LogP contribution >= 0.6 is 11.6 Å². The molecule has 202 valence electrons. The van der Waals surface area contributed by atoms with E-state index in [2.05, 4.69) is 5.32 Å². The summed E-state index contributed by atoms with van der Waals surface area (Å²) in [6.45, 7) is 4.88. The van der Waals surface area contributed by atoms with Crippen LogP contribution in [0.15, 0.2) is 77.7 Å². The SMILES string of the molecule is CCCNC(=O)C(C)N(Cc1ccccc1F)C(=O)CN(c1ccc(C)cc1)S(=O)(=O)c1ccc(Cl)cc1. The minimum absolute atomic E-state index is 0.0512. The van der Waals surface area contributed by atoms with Crippen LogP contribution < -0.4 is 9.62 Å². The van der Waals surface area contributed by atoms with Gasteiger partial charge in [0.15, 0.2) is 0 Å². The zero-order chi connectivity index (χ0) is 27.9. The minimum atomic E-state index is -4.20. The summed E-state index contributed by atoms with van der Waals surface area (Å²) in [6.07, 6.45) is 0.695. The molecule has 0 heterocycles. The highest BCUT2D eigenvalue weighted by Crippen LogP contribution is 2.26. The number of amides is 2. The molecule has 3 rings (SSSR count). The maximum absolute atomic E-state index is 14.5. The maximum Gasteiger partial charge on any atom is 0.264 e. The third-order valence-electron chi connectivity index (χ3n) is 6.02. The van der Waals surface area contributed by atoms with Crippen molar-refractivity contribution in [1.82, 2.24) is 10.2 Å². The van der Waals surface area contributed by atoms with Gasteiger partial charge in [0, 0.05) is 23.7 Å². The number of nitrogens with one attached hydrogen (secondary N) is 1. The Morgan fingerprint density at radius 2 is 1.63 bits per heavy atom. The van der Waals surface area contributed by atoms with Crippen LogP contribution in [0.1, 0.15) is 31.4 Å². The van der Waals surface area contributed by atoms with Crippen molar-refractivity contribution in [3.8, 4) is 0 Å². The molecule has 2 amide bonds. The Bertz CT molecular complexity index is 1370. The molecule has 1 atom stereocenters. The van der Waals surface area contributed by atoms with Crippen molar-refractivity contribution in [1.29, 1.82) is 0 Å². The van der Waals surface area contributed by atoms with Crippen LogP contribution in [0.3, 0.4) is 0 Å². The Morgan fingerprint density at radius 1 is 1.00 bits per heavy atom. The lowest BCUT2D eigenvalue weighted by atomic mass is 10.1. The number of hydrogen-bond acceptors (Lipinski definition) is 4. The van der Waals surface area contributed by atoms with Crippen LogP contribution in [-0.2, 0) is 26.2 Å². The van der Waals surface area contributed by atoms with Gasteiger partial charge < -0.3 is 10.2 Å². The Kier molecular flexibility index (Phi) is 9.88. The Hall–Kier alpha value is -3.43. The second-order valence-electron chi connectivity index (χ2n) is 8.88. The molecule has 1 N–H and O–H groups in total. The van der Waals surface area contributed by atoms with Gasteiger partial charge in [0.25, 0.3) is 10.0 Å². The molecule has 10 heteroatoms. The quantitative estimate of drug-likeness (QED) is 0.361. The van der Waals surface area contributed by atoms with E-state index >= 15 is 0 Å². The fourth-order valence-electron chi connectivity index (χ4n) is 3.76. The molecule has 3 aromatic carbocycles. The molecule has 0 aliphatic heterocycles. The molecule has 0 radical (unpaired) electrons. The standard InChI is InChI=1S/C28H31ClFN3O4S/c1-4-17-31-28(35)21(3)32(18-22-7-5-6-8-26(22)30)27(34)19-33(24-13-9-20(2)10-14-24)38(36,37)25-15-11-23(29)12-16-25/h5-16,21H,4,17-19H2,1-3H3,(H,31,35). The average Bonchev–Trinajstić information content (AvgIpc) is 2.90. The number of carbonyl (C=O) groups is 2. The summed E-state index contributed by atoms with van der Waals surface area (Å²) in [5.74, 6) is -1.61. The van der Waals surface area contributed by atoms with Gasteiger partial charge in [-0.1, -0.05) is 54.4 Å². The zero-order valence-electron chi connectivity index (χ0n) is 21.5. The van der Waals surface area contributed by atoms with Gasteiger partial charge in [0.05, 0.1) is 10.6 Å². The van der Waals surface area contributed by atoms with Gasteiger partial charge in [0.1, 0.15) is 18.4 Å². The number of nitrogens with zero attached hydrogens (tertiary/aromatic N) is 2. The number of rotatable bonds is 11. The fourth-order valence-corrected chi connectivity index (χ4v) is 5.30. The Labute approximate surface area is 228 Å². The second-order valence-corrected chi connectivity index (χ2v) is 11.2. The molecular weight excluding hydrogens is 529 g/mol. The van der Waals surface area contributed by atoms with E-state index in [0.717, 1.165) is 9.87 Å². The third-order valence-corrected chi connectivity index (χ3v) is 8.06. The van der Waals surface area contributed by atoms with Crippen LogP contribution in [0.5, 0.6) is 0 Å².